The molecule has 3 aromatic carbocycles. The molecule has 0 saturated carbocycles. The Morgan fingerprint density at radius 2 is 1.65 bits per heavy atom. The number of aliphatic carboxylic acids is 1. The van der Waals surface area contributed by atoms with Crippen molar-refractivity contribution in [2.75, 3.05) is 0 Å². The molecule has 0 radical (unpaired) electrons. The van der Waals surface area contributed by atoms with Gasteiger partial charge in [-0.25, -0.2) is 4.79 Å². The molecule has 0 bridgehead atoms. The number of benzene rings is 3. The first-order valence-corrected chi connectivity index (χ1v) is 10.3. The van der Waals surface area contributed by atoms with Crippen molar-refractivity contribution >= 4 is 34.1 Å². The molecule has 0 saturated heterocycles. The van der Waals surface area contributed by atoms with E-state index >= 15 is 0 Å². The molecular formula is C27H24N2O2. The minimum Gasteiger partial charge on any atom is -0.478 e. The van der Waals surface area contributed by atoms with Gasteiger partial charge in [-0.2, -0.15) is 5.10 Å². The summed E-state index contributed by atoms with van der Waals surface area (Å²) in [5.41, 5.74) is 7.67. The summed E-state index contributed by atoms with van der Waals surface area (Å²) in [6, 6.07) is 24.8. The lowest BCUT2D eigenvalue weighted by atomic mass is 9.83. The van der Waals surface area contributed by atoms with Crippen LogP contribution in [0.15, 0.2) is 85.1 Å². The van der Waals surface area contributed by atoms with Crippen molar-refractivity contribution < 1.29 is 9.90 Å². The van der Waals surface area contributed by atoms with E-state index in [4.69, 9.17) is 5.11 Å². The number of allylic oxidation sites excluding steroid dienone is 1. The molecule has 2 N–H and O–H groups in total. The molecule has 1 heterocycles. The van der Waals surface area contributed by atoms with Crippen LogP contribution in [0.3, 0.4) is 0 Å². The molecule has 31 heavy (non-hydrogen) atoms. The Morgan fingerprint density at radius 1 is 0.935 bits per heavy atom. The van der Waals surface area contributed by atoms with Crippen LogP contribution in [-0.4, -0.2) is 21.3 Å². The molecule has 0 aliphatic carbocycles. The first-order valence-electron chi connectivity index (χ1n) is 10.3. The topological polar surface area (TPSA) is 66.0 Å². The van der Waals surface area contributed by atoms with Gasteiger partial charge in [0.25, 0.3) is 0 Å². The van der Waals surface area contributed by atoms with Crippen LogP contribution < -0.4 is 0 Å². The van der Waals surface area contributed by atoms with Gasteiger partial charge in [-0.1, -0.05) is 74.5 Å². The molecule has 4 heteroatoms. The lowest BCUT2D eigenvalue weighted by Gasteiger charge is -2.20. The lowest BCUT2D eigenvalue weighted by Crippen LogP contribution is -2.01. The van der Waals surface area contributed by atoms with Crippen molar-refractivity contribution in [1.29, 1.82) is 0 Å². The van der Waals surface area contributed by atoms with E-state index in [0.29, 0.717) is 5.92 Å². The minimum atomic E-state index is -0.954. The van der Waals surface area contributed by atoms with Crippen LogP contribution in [0.2, 0.25) is 0 Å². The molecule has 1 aromatic heterocycles. The highest BCUT2D eigenvalue weighted by molar-refractivity contribution is 6.01. The Balaban J connectivity index is 1.93. The third-order valence-electron chi connectivity index (χ3n) is 5.28. The summed E-state index contributed by atoms with van der Waals surface area (Å²) >= 11 is 0. The Kier molecular flexibility index (Phi) is 5.80. The molecule has 0 amide bonds. The number of H-pyrrole nitrogens is 1. The fraction of sp³-hybridized carbons (Fsp3) is 0.111. The molecule has 154 valence electrons. The Hall–Kier alpha value is -3.92. The first-order chi connectivity index (χ1) is 15.0. The highest BCUT2D eigenvalue weighted by atomic mass is 16.4. The van der Waals surface area contributed by atoms with E-state index in [2.05, 4.69) is 78.6 Å². The number of carboxylic acid groups (broad SMARTS) is 1. The lowest BCUT2D eigenvalue weighted by molar-refractivity contribution is -0.131. The van der Waals surface area contributed by atoms with E-state index in [1.807, 2.05) is 24.4 Å². The summed E-state index contributed by atoms with van der Waals surface area (Å²) in [7, 11) is 0. The average molecular weight is 409 g/mol. The van der Waals surface area contributed by atoms with E-state index in [1.165, 1.54) is 11.1 Å². The van der Waals surface area contributed by atoms with Gasteiger partial charge >= 0.3 is 5.97 Å². The first kappa shape index (κ1) is 20.4. The molecule has 0 atom stereocenters. The van der Waals surface area contributed by atoms with Gasteiger partial charge in [-0.15, -0.1) is 0 Å². The monoisotopic (exact) mass is 408 g/mol. The normalized spacial score (nSPS) is 12.5. The fourth-order valence-electron chi connectivity index (χ4n) is 3.89. The van der Waals surface area contributed by atoms with Gasteiger partial charge in [0, 0.05) is 11.5 Å². The summed E-state index contributed by atoms with van der Waals surface area (Å²) in [5.74, 6) is -0.659. The number of hydrogen-bond acceptors (Lipinski definition) is 2. The number of aromatic amines is 1. The Labute approximate surface area is 181 Å². The van der Waals surface area contributed by atoms with Gasteiger partial charge in [-0.3, -0.25) is 5.10 Å². The molecule has 0 aliphatic heterocycles. The molecule has 0 unspecified atom stereocenters. The smallest absolute Gasteiger partial charge is 0.328 e. The van der Waals surface area contributed by atoms with E-state index in [-0.39, 0.29) is 0 Å². The van der Waals surface area contributed by atoms with Gasteiger partial charge in [0.15, 0.2) is 0 Å². The average Bonchev–Trinajstić information content (AvgIpc) is 3.24. The number of rotatable bonds is 6. The van der Waals surface area contributed by atoms with Crippen LogP contribution in [0.1, 0.15) is 36.1 Å². The van der Waals surface area contributed by atoms with Gasteiger partial charge < -0.3 is 5.11 Å². The van der Waals surface area contributed by atoms with E-state index < -0.39 is 5.97 Å². The third kappa shape index (κ3) is 4.48. The SMILES string of the molecule is CC(C)C(=C(c1ccc(C=CC(=O)O)cc1)c1ccc2[nH]ncc2c1)c1ccccc1. The van der Waals surface area contributed by atoms with Crippen LogP contribution in [0.25, 0.3) is 28.1 Å². The maximum Gasteiger partial charge on any atom is 0.328 e. The molecular weight excluding hydrogens is 384 g/mol. The fourth-order valence-corrected chi connectivity index (χ4v) is 3.89. The second-order valence-corrected chi connectivity index (χ2v) is 7.78. The molecule has 4 nitrogen and oxygen atoms in total. The van der Waals surface area contributed by atoms with Gasteiger partial charge in [-0.05, 0) is 57.5 Å². The molecule has 0 fully saturated rings. The number of fused-ring (bicyclic) bond motifs is 1. The maximum absolute atomic E-state index is 10.8. The van der Waals surface area contributed by atoms with Crippen LogP contribution in [0.5, 0.6) is 0 Å². The number of carboxylic acids is 1. The highest BCUT2D eigenvalue weighted by Crippen LogP contribution is 2.37. The van der Waals surface area contributed by atoms with Crippen molar-refractivity contribution in [3.63, 3.8) is 0 Å². The van der Waals surface area contributed by atoms with E-state index in [1.54, 1.807) is 6.08 Å². The molecule has 4 rings (SSSR count). The zero-order valence-electron chi connectivity index (χ0n) is 17.5. The second-order valence-electron chi connectivity index (χ2n) is 7.78. The zero-order chi connectivity index (χ0) is 21.8. The van der Waals surface area contributed by atoms with Gasteiger partial charge in [0.2, 0.25) is 0 Å². The highest BCUT2D eigenvalue weighted by Gasteiger charge is 2.17. The van der Waals surface area contributed by atoms with Crippen LogP contribution in [-0.2, 0) is 4.79 Å². The molecule has 4 aromatic rings. The zero-order valence-corrected chi connectivity index (χ0v) is 17.5. The predicted molar refractivity (Wildman–Crippen MR) is 126 cm³/mol. The van der Waals surface area contributed by atoms with Gasteiger partial charge in [0.05, 0.1) is 11.7 Å². The minimum absolute atomic E-state index is 0.295. The molecule has 0 spiro atoms. The third-order valence-corrected chi connectivity index (χ3v) is 5.28. The largest absolute Gasteiger partial charge is 0.478 e. The van der Waals surface area contributed by atoms with E-state index in [0.717, 1.165) is 39.2 Å². The number of nitrogens with zero attached hydrogens (tertiary/aromatic N) is 1. The summed E-state index contributed by atoms with van der Waals surface area (Å²) in [6.45, 7) is 4.42. The Morgan fingerprint density at radius 3 is 2.32 bits per heavy atom. The van der Waals surface area contributed by atoms with Gasteiger partial charge in [0.1, 0.15) is 0 Å². The number of aromatic nitrogens is 2. The number of carbonyl (C=O) groups is 1. The quantitative estimate of drug-likeness (QED) is 0.292. The summed E-state index contributed by atoms with van der Waals surface area (Å²) in [4.78, 5) is 10.8. The Bertz CT molecular complexity index is 1260. The molecule has 0 aliphatic rings. The van der Waals surface area contributed by atoms with Crippen molar-refractivity contribution in [2.45, 2.75) is 13.8 Å². The predicted octanol–water partition coefficient (Wildman–Crippen LogP) is 6.28. The van der Waals surface area contributed by atoms with Crippen LogP contribution in [0, 0.1) is 5.92 Å². The van der Waals surface area contributed by atoms with E-state index in [9.17, 15) is 4.79 Å². The van der Waals surface area contributed by atoms with Crippen molar-refractivity contribution in [1.82, 2.24) is 10.2 Å². The number of hydrogen-bond donors (Lipinski definition) is 2. The summed E-state index contributed by atoms with van der Waals surface area (Å²) < 4.78 is 0. The van der Waals surface area contributed by atoms with Crippen molar-refractivity contribution in [2.24, 2.45) is 5.92 Å². The van der Waals surface area contributed by atoms with Crippen molar-refractivity contribution in [3.05, 3.63) is 107 Å². The van der Waals surface area contributed by atoms with Crippen LogP contribution in [0.4, 0.5) is 0 Å². The van der Waals surface area contributed by atoms with Crippen molar-refractivity contribution in [3.8, 4) is 0 Å². The maximum atomic E-state index is 10.8. The standard InChI is InChI=1S/C27H24N2O2/c1-18(2)26(20-6-4-3-5-7-20)27(22-13-14-24-23(16-22)17-28-29-24)21-11-8-19(9-12-21)10-15-25(30)31/h3-18H,1-2H3,(H,28,29)(H,30,31). The summed E-state index contributed by atoms with van der Waals surface area (Å²) in [5, 5.41) is 17.1. The van der Waals surface area contributed by atoms with Crippen LogP contribution >= 0.6 is 0 Å². The number of nitrogens with one attached hydrogen (secondary N) is 1. The second kappa shape index (κ2) is 8.84. The summed E-state index contributed by atoms with van der Waals surface area (Å²) in [6.07, 6.45) is 4.60.